The monoisotopic (exact) mass is 248 g/mol. The van der Waals surface area contributed by atoms with Crippen LogP contribution in [0.25, 0.3) is 6.08 Å². The van der Waals surface area contributed by atoms with E-state index in [2.05, 4.69) is 4.74 Å². The summed E-state index contributed by atoms with van der Waals surface area (Å²) in [5.41, 5.74) is 0.917. The van der Waals surface area contributed by atoms with Gasteiger partial charge in [-0.2, -0.15) is 0 Å². The van der Waals surface area contributed by atoms with E-state index in [1.807, 2.05) is 18.2 Å². The summed E-state index contributed by atoms with van der Waals surface area (Å²) in [6.45, 7) is 0. The van der Waals surface area contributed by atoms with E-state index in [0.29, 0.717) is 11.5 Å². The minimum atomic E-state index is -0.386. The smallest absolute Gasteiger partial charge is 0.330 e. The zero-order chi connectivity index (χ0) is 13.4. The van der Waals surface area contributed by atoms with E-state index in [0.717, 1.165) is 5.56 Å². The molecule has 0 amide bonds. The van der Waals surface area contributed by atoms with E-state index in [4.69, 9.17) is 9.47 Å². The number of methoxy groups -OCH3 is 3. The predicted molar refractivity (Wildman–Crippen MR) is 69.7 cm³/mol. The SMILES string of the molecule is COC(=O)C=CC=Cc1cc(OC)cc(OC)c1. The number of allylic oxidation sites excluding steroid dienone is 2. The molecule has 4 nitrogen and oxygen atoms in total. The second-order valence-electron chi connectivity index (χ2n) is 3.39. The van der Waals surface area contributed by atoms with Crippen molar-refractivity contribution in [3.63, 3.8) is 0 Å². The summed E-state index contributed by atoms with van der Waals surface area (Å²) in [6.07, 6.45) is 6.53. The number of carbonyl (C=O) groups excluding carboxylic acids is 1. The molecule has 0 aliphatic carbocycles. The number of esters is 1. The molecule has 1 aromatic rings. The first-order valence-electron chi connectivity index (χ1n) is 5.35. The molecule has 0 radical (unpaired) electrons. The van der Waals surface area contributed by atoms with Crippen molar-refractivity contribution < 1.29 is 19.0 Å². The number of rotatable bonds is 5. The number of benzene rings is 1. The van der Waals surface area contributed by atoms with Gasteiger partial charge in [-0.1, -0.05) is 18.2 Å². The maximum absolute atomic E-state index is 10.8. The molecule has 0 aliphatic rings. The molecule has 0 atom stereocenters. The van der Waals surface area contributed by atoms with Crippen LogP contribution in [0.2, 0.25) is 0 Å². The largest absolute Gasteiger partial charge is 0.497 e. The number of carbonyl (C=O) groups is 1. The second kappa shape index (κ2) is 7.17. The van der Waals surface area contributed by atoms with Crippen molar-refractivity contribution in [1.29, 1.82) is 0 Å². The van der Waals surface area contributed by atoms with Gasteiger partial charge in [0.25, 0.3) is 0 Å². The molecule has 0 unspecified atom stereocenters. The fourth-order valence-corrected chi connectivity index (χ4v) is 1.29. The normalized spacial score (nSPS) is 10.8. The molecule has 0 heterocycles. The van der Waals surface area contributed by atoms with E-state index in [1.54, 1.807) is 32.4 Å². The zero-order valence-corrected chi connectivity index (χ0v) is 10.7. The molecule has 0 bridgehead atoms. The Morgan fingerprint density at radius 1 is 1.00 bits per heavy atom. The molecule has 0 aromatic heterocycles. The topological polar surface area (TPSA) is 44.8 Å². The molecular weight excluding hydrogens is 232 g/mol. The van der Waals surface area contributed by atoms with Crippen molar-refractivity contribution in [3.05, 3.63) is 42.0 Å². The maximum atomic E-state index is 10.8. The van der Waals surface area contributed by atoms with Crippen LogP contribution in [0.15, 0.2) is 36.4 Å². The summed E-state index contributed by atoms with van der Waals surface area (Å²) >= 11 is 0. The van der Waals surface area contributed by atoms with Crippen LogP contribution in [0.1, 0.15) is 5.56 Å². The summed E-state index contributed by atoms with van der Waals surface area (Å²) < 4.78 is 14.8. The number of hydrogen-bond acceptors (Lipinski definition) is 4. The van der Waals surface area contributed by atoms with E-state index in [-0.39, 0.29) is 5.97 Å². The average Bonchev–Trinajstić information content (AvgIpc) is 2.42. The van der Waals surface area contributed by atoms with E-state index < -0.39 is 0 Å². The van der Waals surface area contributed by atoms with Crippen molar-refractivity contribution in [1.82, 2.24) is 0 Å². The summed E-state index contributed by atoms with van der Waals surface area (Å²) in [5, 5.41) is 0. The Kier molecular flexibility index (Phi) is 5.51. The Hall–Kier alpha value is -2.23. The molecular formula is C14H16O4. The fraction of sp³-hybridized carbons (Fsp3) is 0.214. The summed E-state index contributed by atoms with van der Waals surface area (Å²) in [7, 11) is 4.53. The third-order valence-corrected chi connectivity index (χ3v) is 2.21. The molecule has 96 valence electrons. The second-order valence-corrected chi connectivity index (χ2v) is 3.39. The highest BCUT2D eigenvalue weighted by Gasteiger charge is 1.98. The van der Waals surface area contributed by atoms with Crippen LogP contribution in [-0.2, 0) is 9.53 Å². The Bertz CT molecular complexity index is 439. The van der Waals surface area contributed by atoms with Crippen LogP contribution >= 0.6 is 0 Å². The molecule has 0 fully saturated rings. The van der Waals surface area contributed by atoms with E-state index >= 15 is 0 Å². The van der Waals surface area contributed by atoms with Gasteiger partial charge in [-0.05, 0) is 17.7 Å². The van der Waals surface area contributed by atoms with Crippen LogP contribution in [0, 0.1) is 0 Å². The lowest BCUT2D eigenvalue weighted by molar-refractivity contribution is -0.134. The minimum absolute atomic E-state index is 0.386. The number of hydrogen-bond donors (Lipinski definition) is 0. The molecule has 0 spiro atoms. The molecule has 0 saturated heterocycles. The van der Waals surface area contributed by atoms with Gasteiger partial charge in [-0.25, -0.2) is 4.79 Å². The highest BCUT2D eigenvalue weighted by atomic mass is 16.5. The van der Waals surface area contributed by atoms with Gasteiger partial charge in [-0.3, -0.25) is 0 Å². The van der Waals surface area contributed by atoms with Crippen molar-refractivity contribution in [2.24, 2.45) is 0 Å². The van der Waals surface area contributed by atoms with E-state index in [1.165, 1.54) is 13.2 Å². The van der Waals surface area contributed by atoms with E-state index in [9.17, 15) is 4.79 Å². The first-order valence-corrected chi connectivity index (χ1v) is 5.35. The Labute approximate surface area is 106 Å². The summed E-state index contributed by atoms with van der Waals surface area (Å²) in [5.74, 6) is 1.04. The van der Waals surface area contributed by atoms with Gasteiger partial charge in [0.2, 0.25) is 0 Å². The van der Waals surface area contributed by atoms with Crippen LogP contribution in [0.4, 0.5) is 0 Å². The average molecular weight is 248 g/mol. The van der Waals surface area contributed by atoms with Crippen molar-refractivity contribution >= 4 is 12.0 Å². The Balaban J connectivity index is 2.80. The van der Waals surface area contributed by atoms with Gasteiger partial charge in [-0.15, -0.1) is 0 Å². The van der Waals surface area contributed by atoms with Crippen molar-refractivity contribution in [2.75, 3.05) is 21.3 Å². The summed E-state index contributed by atoms with van der Waals surface area (Å²) in [6, 6.07) is 5.53. The van der Waals surface area contributed by atoms with Gasteiger partial charge in [0.1, 0.15) is 11.5 Å². The molecule has 1 rings (SSSR count). The van der Waals surface area contributed by atoms with Crippen LogP contribution in [0.3, 0.4) is 0 Å². The first kappa shape index (κ1) is 13.8. The fourth-order valence-electron chi connectivity index (χ4n) is 1.29. The van der Waals surface area contributed by atoms with Gasteiger partial charge in [0.05, 0.1) is 21.3 Å². The van der Waals surface area contributed by atoms with Crippen LogP contribution in [-0.4, -0.2) is 27.3 Å². The highest BCUT2D eigenvalue weighted by Crippen LogP contribution is 2.23. The standard InChI is InChI=1S/C14H16O4/c1-16-12-8-11(9-13(10-12)17-2)6-4-5-7-14(15)18-3/h4-10H,1-3H3. The quantitative estimate of drug-likeness (QED) is 0.456. The first-order chi connectivity index (χ1) is 8.69. The molecule has 1 aromatic carbocycles. The summed E-state index contributed by atoms with van der Waals surface area (Å²) in [4.78, 5) is 10.8. The molecule has 4 heteroatoms. The third-order valence-electron chi connectivity index (χ3n) is 2.21. The lowest BCUT2D eigenvalue weighted by atomic mass is 10.2. The third kappa shape index (κ3) is 4.33. The molecule has 0 aliphatic heterocycles. The highest BCUT2D eigenvalue weighted by molar-refractivity contribution is 5.82. The van der Waals surface area contributed by atoms with Gasteiger partial charge >= 0.3 is 5.97 Å². The van der Waals surface area contributed by atoms with Gasteiger partial charge in [0, 0.05) is 12.1 Å². The van der Waals surface area contributed by atoms with Gasteiger partial charge < -0.3 is 14.2 Å². The van der Waals surface area contributed by atoms with Crippen molar-refractivity contribution in [3.8, 4) is 11.5 Å². The maximum Gasteiger partial charge on any atom is 0.330 e. The lowest BCUT2D eigenvalue weighted by Gasteiger charge is -2.05. The zero-order valence-electron chi connectivity index (χ0n) is 10.7. The predicted octanol–water partition coefficient (Wildman–Crippen LogP) is 2.45. The van der Waals surface area contributed by atoms with Crippen LogP contribution < -0.4 is 9.47 Å². The Morgan fingerprint density at radius 3 is 2.11 bits per heavy atom. The Morgan fingerprint density at radius 2 is 1.61 bits per heavy atom. The molecule has 0 N–H and O–H groups in total. The number of ether oxygens (including phenoxy) is 3. The van der Waals surface area contributed by atoms with Crippen molar-refractivity contribution in [2.45, 2.75) is 0 Å². The van der Waals surface area contributed by atoms with Gasteiger partial charge in [0.15, 0.2) is 0 Å². The molecule has 18 heavy (non-hydrogen) atoms. The van der Waals surface area contributed by atoms with Crippen LogP contribution in [0.5, 0.6) is 11.5 Å². The lowest BCUT2D eigenvalue weighted by Crippen LogP contribution is -1.92. The molecule has 0 saturated carbocycles. The minimum Gasteiger partial charge on any atom is -0.497 e.